The van der Waals surface area contributed by atoms with Gasteiger partial charge >= 0.3 is 11.9 Å². The third kappa shape index (κ3) is 4.31. The molecule has 5 rings (SSSR count). The average Bonchev–Trinajstić information content (AvgIpc) is 3.19. The number of ether oxygens (including phenoxy) is 1. The molecular formula is C31H42O5. The lowest BCUT2D eigenvalue weighted by atomic mass is 9.44. The minimum Gasteiger partial charge on any atom is -0.481 e. The molecule has 9 atom stereocenters. The summed E-state index contributed by atoms with van der Waals surface area (Å²) in [6.45, 7) is 6.90. The molecule has 4 aliphatic carbocycles. The third-order valence-electron chi connectivity index (χ3n) is 11.2. The van der Waals surface area contributed by atoms with E-state index in [0.29, 0.717) is 53.8 Å². The third-order valence-corrected chi connectivity index (χ3v) is 11.2. The van der Waals surface area contributed by atoms with Gasteiger partial charge in [-0.15, -0.1) is 0 Å². The molecule has 196 valence electrons. The van der Waals surface area contributed by atoms with Crippen LogP contribution in [-0.4, -0.2) is 28.9 Å². The van der Waals surface area contributed by atoms with Crippen LogP contribution in [0.25, 0.3) is 0 Å². The van der Waals surface area contributed by atoms with E-state index in [1.807, 2.05) is 18.2 Å². The van der Waals surface area contributed by atoms with Gasteiger partial charge in [0.25, 0.3) is 0 Å². The summed E-state index contributed by atoms with van der Waals surface area (Å²) in [4.78, 5) is 37.8. The molecule has 0 aliphatic heterocycles. The number of aliphatic carboxylic acids is 1. The molecule has 1 aromatic carbocycles. The fourth-order valence-electron chi connectivity index (χ4n) is 9.46. The van der Waals surface area contributed by atoms with E-state index >= 15 is 0 Å². The molecule has 4 saturated carbocycles. The lowest BCUT2D eigenvalue weighted by Crippen LogP contribution is -2.58. The highest BCUT2D eigenvalue weighted by atomic mass is 16.5. The molecule has 0 spiro atoms. The van der Waals surface area contributed by atoms with Crippen LogP contribution < -0.4 is 0 Å². The molecule has 4 aliphatic rings. The maximum absolute atomic E-state index is 13.9. The van der Waals surface area contributed by atoms with E-state index in [2.05, 4.69) is 20.8 Å². The molecular weight excluding hydrogens is 452 g/mol. The number of ketones is 1. The highest BCUT2D eigenvalue weighted by Crippen LogP contribution is 2.67. The van der Waals surface area contributed by atoms with Crippen LogP contribution in [0.2, 0.25) is 0 Å². The van der Waals surface area contributed by atoms with Crippen molar-refractivity contribution in [3.63, 3.8) is 0 Å². The first-order chi connectivity index (χ1) is 17.1. The van der Waals surface area contributed by atoms with E-state index in [1.54, 1.807) is 12.1 Å². The highest BCUT2D eigenvalue weighted by molar-refractivity contribution is 5.89. The quantitative estimate of drug-likeness (QED) is 0.454. The molecule has 0 radical (unpaired) electrons. The number of carboxylic acids is 1. The number of hydrogen-bond donors (Lipinski definition) is 1. The van der Waals surface area contributed by atoms with Crippen molar-refractivity contribution < 1.29 is 24.2 Å². The summed E-state index contributed by atoms with van der Waals surface area (Å²) in [7, 11) is 0. The van der Waals surface area contributed by atoms with Crippen LogP contribution in [0, 0.1) is 46.3 Å². The summed E-state index contributed by atoms with van der Waals surface area (Å²) in [6.07, 6.45) is 8.63. The Morgan fingerprint density at radius 1 is 1.06 bits per heavy atom. The zero-order valence-corrected chi connectivity index (χ0v) is 22.1. The van der Waals surface area contributed by atoms with Crippen LogP contribution in [-0.2, 0) is 14.3 Å². The fourth-order valence-corrected chi connectivity index (χ4v) is 9.46. The van der Waals surface area contributed by atoms with E-state index in [-0.39, 0.29) is 35.2 Å². The Bertz CT molecular complexity index is 1000. The lowest BCUT2D eigenvalue weighted by Gasteiger charge is -2.60. The first kappa shape index (κ1) is 25.5. The number of fused-ring (bicyclic) bond motifs is 5. The average molecular weight is 495 g/mol. The van der Waals surface area contributed by atoms with Crippen LogP contribution in [0.15, 0.2) is 30.3 Å². The first-order valence-electron chi connectivity index (χ1n) is 14.1. The number of carbonyl (C=O) groups is 3. The van der Waals surface area contributed by atoms with Crippen molar-refractivity contribution in [2.24, 2.45) is 46.3 Å². The van der Waals surface area contributed by atoms with Crippen molar-refractivity contribution in [1.29, 1.82) is 0 Å². The van der Waals surface area contributed by atoms with Crippen LogP contribution in [0.5, 0.6) is 0 Å². The first-order valence-corrected chi connectivity index (χ1v) is 14.1. The fraction of sp³-hybridized carbons (Fsp3) is 0.710. The van der Waals surface area contributed by atoms with Gasteiger partial charge in [-0.25, -0.2) is 4.79 Å². The summed E-state index contributed by atoms with van der Waals surface area (Å²) in [5, 5.41) is 9.18. The molecule has 1 N–H and O–H groups in total. The Morgan fingerprint density at radius 3 is 2.53 bits per heavy atom. The van der Waals surface area contributed by atoms with Crippen LogP contribution >= 0.6 is 0 Å². The number of rotatable bonds is 6. The summed E-state index contributed by atoms with van der Waals surface area (Å²) >= 11 is 0. The van der Waals surface area contributed by atoms with E-state index in [4.69, 9.17) is 4.74 Å². The van der Waals surface area contributed by atoms with E-state index in [0.717, 1.165) is 38.5 Å². The predicted molar refractivity (Wildman–Crippen MR) is 137 cm³/mol. The van der Waals surface area contributed by atoms with Crippen molar-refractivity contribution in [3.8, 4) is 0 Å². The summed E-state index contributed by atoms with van der Waals surface area (Å²) in [5.41, 5.74) is 0.593. The van der Waals surface area contributed by atoms with E-state index in [9.17, 15) is 19.5 Å². The van der Waals surface area contributed by atoms with Gasteiger partial charge in [0.1, 0.15) is 11.9 Å². The summed E-state index contributed by atoms with van der Waals surface area (Å²) in [5.74, 6) is 1.79. The Labute approximate surface area is 215 Å². The van der Waals surface area contributed by atoms with Gasteiger partial charge in [0, 0.05) is 18.8 Å². The number of Topliss-reactive ketones (excluding diaryl/α,β-unsaturated/α-hetero) is 1. The summed E-state index contributed by atoms with van der Waals surface area (Å²) in [6, 6.07) is 9.22. The Balaban J connectivity index is 1.29. The number of carboxylic acid groups (broad SMARTS) is 1. The maximum atomic E-state index is 13.9. The SMILES string of the molecule is CC(CCC(=O)O)C1CCC2C3CC[C@@H]4C[C@H](OC(=O)c5ccccc5)CC[C@]4(C)C3C(=O)C[C@]12C. The number of esters is 1. The molecule has 36 heavy (non-hydrogen) atoms. The molecule has 4 fully saturated rings. The smallest absolute Gasteiger partial charge is 0.338 e. The number of carbonyl (C=O) groups excluding carboxylic acids is 2. The highest BCUT2D eigenvalue weighted by Gasteiger charge is 2.63. The molecule has 5 nitrogen and oxygen atoms in total. The van der Waals surface area contributed by atoms with Gasteiger partial charge < -0.3 is 9.84 Å². The van der Waals surface area contributed by atoms with Crippen LogP contribution in [0.3, 0.4) is 0 Å². The molecule has 5 unspecified atom stereocenters. The molecule has 0 amide bonds. The normalized spacial score (nSPS) is 40.5. The standard InChI is InChI=1S/C31H42O5/c1-19(9-14-27(33)34)24-12-13-25-23-11-10-21-17-22(36-29(35)20-7-5-4-6-8-20)15-16-30(21,2)28(23)26(32)18-31(24,25)3/h4-8,19,21-25,28H,9-18H2,1-3H3,(H,33,34)/t19?,21-,22-,23?,24?,25?,28?,30+,31-/m1/s1. The van der Waals surface area contributed by atoms with Gasteiger partial charge in [0.05, 0.1) is 5.56 Å². The van der Waals surface area contributed by atoms with Gasteiger partial charge in [0.2, 0.25) is 0 Å². The zero-order chi connectivity index (χ0) is 25.7. The lowest BCUT2D eigenvalue weighted by molar-refractivity contribution is -0.162. The minimum atomic E-state index is -0.724. The molecule has 5 heteroatoms. The Kier molecular flexibility index (Phi) is 6.80. The Morgan fingerprint density at radius 2 is 1.81 bits per heavy atom. The van der Waals surface area contributed by atoms with Crippen LogP contribution in [0.4, 0.5) is 0 Å². The van der Waals surface area contributed by atoms with Crippen molar-refractivity contribution in [3.05, 3.63) is 35.9 Å². The van der Waals surface area contributed by atoms with Gasteiger partial charge in [0.15, 0.2) is 0 Å². The maximum Gasteiger partial charge on any atom is 0.338 e. The van der Waals surface area contributed by atoms with Crippen molar-refractivity contribution in [2.45, 2.75) is 91.1 Å². The second-order valence-corrected chi connectivity index (χ2v) is 12.9. The van der Waals surface area contributed by atoms with Gasteiger partial charge in [-0.3, -0.25) is 9.59 Å². The Hall–Kier alpha value is -2.17. The predicted octanol–water partition coefficient (Wildman–Crippen LogP) is 6.55. The number of hydrogen-bond acceptors (Lipinski definition) is 4. The topological polar surface area (TPSA) is 80.7 Å². The molecule has 0 aromatic heterocycles. The van der Waals surface area contributed by atoms with Gasteiger partial charge in [-0.2, -0.15) is 0 Å². The van der Waals surface area contributed by atoms with Crippen LogP contribution in [0.1, 0.15) is 95.3 Å². The summed E-state index contributed by atoms with van der Waals surface area (Å²) < 4.78 is 5.93. The largest absolute Gasteiger partial charge is 0.481 e. The van der Waals surface area contributed by atoms with Crippen molar-refractivity contribution in [1.82, 2.24) is 0 Å². The molecule has 0 saturated heterocycles. The second-order valence-electron chi connectivity index (χ2n) is 12.9. The van der Waals surface area contributed by atoms with E-state index in [1.165, 1.54) is 6.42 Å². The van der Waals surface area contributed by atoms with Gasteiger partial charge in [-0.05, 0) is 104 Å². The molecule has 1 aromatic rings. The monoisotopic (exact) mass is 494 g/mol. The van der Waals surface area contributed by atoms with Crippen molar-refractivity contribution in [2.75, 3.05) is 0 Å². The second kappa shape index (κ2) is 9.61. The van der Waals surface area contributed by atoms with Gasteiger partial charge in [-0.1, -0.05) is 39.0 Å². The minimum absolute atomic E-state index is 0.00177. The molecule has 0 heterocycles. The van der Waals surface area contributed by atoms with Crippen molar-refractivity contribution >= 4 is 17.7 Å². The zero-order valence-electron chi connectivity index (χ0n) is 22.1. The van der Waals surface area contributed by atoms with E-state index < -0.39 is 5.97 Å². The number of benzene rings is 1. The molecule has 0 bridgehead atoms.